The number of nitrogens with one attached hydrogen (secondary N) is 1. The van der Waals surface area contributed by atoms with Crippen LogP contribution in [0.5, 0.6) is 0 Å². The molecule has 1 unspecified atom stereocenters. The van der Waals surface area contributed by atoms with Crippen LogP contribution in [0.3, 0.4) is 0 Å². The summed E-state index contributed by atoms with van der Waals surface area (Å²) < 4.78 is 3.42. The zero-order valence-corrected chi connectivity index (χ0v) is 8.45. The minimum Gasteiger partial charge on any atom is -0.315 e. The maximum atomic E-state index is 11.5. The molecule has 74 valence electrons. The van der Waals surface area contributed by atoms with Crippen LogP contribution in [0.2, 0.25) is 0 Å². The molecule has 1 aromatic heterocycles. The summed E-state index contributed by atoms with van der Waals surface area (Å²) in [4.78, 5) is 11.5. The van der Waals surface area contributed by atoms with Crippen molar-refractivity contribution in [1.82, 2.24) is 14.5 Å². The standard InChI is InChI=1S/C9H17N3O/c1-4-11-5-6-12(9(11)13)7-8(2)10-3/h5-6,8,10H,4,7H2,1-3H3. The summed E-state index contributed by atoms with van der Waals surface area (Å²) in [5.41, 5.74) is 0.0737. The van der Waals surface area contributed by atoms with Crippen LogP contribution >= 0.6 is 0 Å². The maximum Gasteiger partial charge on any atom is 0.328 e. The number of likely N-dealkylation sites (N-methyl/N-ethyl adjacent to an activating group) is 1. The molecular formula is C9H17N3O. The van der Waals surface area contributed by atoms with E-state index in [-0.39, 0.29) is 5.69 Å². The van der Waals surface area contributed by atoms with Gasteiger partial charge in [0.2, 0.25) is 0 Å². The molecule has 0 aliphatic carbocycles. The summed E-state index contributed by atoms with van der Waals surface area (Å²) in [6, 6.07) is 0.324. The highest BCUT2D eigenvalue weighted by Crippen LogP contribution is 1.89. The van der Waals surface area contributed by atoms with Crippen molar-refractivity contribution in [3.05, 3.63) is 22.9 Å². The Bertz CT molecular complexity index is 313. The molecule has 1 N–H and O–H groups in total. The number of rotatable bonds is 4. The van der Waals surface area contributed by atoms with Crippen molar-refractivity contribution in [2.75, 3.05) is 7.05 Å². The number of hydrogen-bond acceptors (Lipinski definition) is 2. The molecule has 0 saturated carbocycles. The second-order valence-corrected chi connectivity index (χ2v) is 3.21. The molecule has 13 heavy (non-hydrogen) atoms. The van der Waals surface area contributed by atoms with E-state index in [9.17, 15) is 4.79 Å². The zero-order chi connectivity index (χ0) is 9.84. The fourth-order valence-electron chi connectivity index (χ4n) is 1.22. The van der Waals surface area contributed by atoms with E-state index in [1.54, 1.807) is 9.13 Å². The average Bonchev–Trinajstić information content (AvgIpc) is 2.48. The minimum absolute atomic E-state index is 0.0737. The third-order valence-electron chi connectivity index (χ3n) is 2.22. The minimum atomic E-state index is 0.0737. The number of aromatic nitrogens is 2. The zero-order valence-electron chi connectivity index (χ0n) is 8.45. The molecule has 0 bridgehead atoms. The third-order valence-corrected chi connectivity index (χ3v) is 2.22. The fourth-order valence-corrected chi connectivity index (χ4v) is 1.22. The van der Waals surface area contributed by atoms with Gasteiger partial charge in [0.1, 0.15) is 0 Å². The Hall–Kier alpha value is -1.03. The molecule has 0 saturated heterocycles. The first kappa shape index (κ1) is 10.1. The van der Waals surface area contributed by atoms with Crippen LogP contribution in [0, 0.1) is 0 Å². The van der Waals surface area contributed by atoms with Crippen molar-refractivity contribution < 1.29 is 0 Å². The van der Waals surface area contributed by atoms with Crippen LogP contribution in [0.15, 0.2) is 17.2 Å². The first-order valence-corrected chi connectivity index (χ1v) is 4.61. The smallest absolute Gasteiger partial charge is 0.315 e. The van der Waals surface area contributed by atoms with Gasteiger partial charge in [0, 0.05) is 31.5 Å². The Morgan fingerprint density at radius 2 is 2.08 bits per heavy atom. The lowest BCUT2D eigenvalue weighted by Crippen LogP contribution is -2.32. The molecule has 4 heteroatoms. The molecule has 0 aliphatic rings. The van der Waals surface area contributed by atoms with E-state index in [0.717, 1.165) is 13.1 Å². The van der Waals surface area contributed by atoms with Gasteiger partial charge in [-0.3, -0.25) is 9.13 Å². The number of nitrogens with zero attached hydrogens (tertiary/aromatic N) is 2. The molecule has 4 nitrogen and oxygen atoms in total. The van der Waals surface area contributed by atoms with Crippen molar-refractivity contribution in [2.24, 2.45) is 0 Å². The Morgan fingerprint density at radius 1 is 1.46 bits per heavy atom. The SMILES string of the molecule is CCn1ccn(CC(C)NC)c1=O. The van der Waals surface area contributed by atoms with E-state index in [1.165, 1.54) is 0 Å². The van der Waals surface area contributed by atoms with Crippen LogP contribution in [0.4, 0.5) is 0 Å². The Balaban J connectivity index is 2.78. The van der Waals surface area contributed by atoms with E-state index < -0.39 is 0 Å². The summed E-state index contributed by atoms with van der Waals surface area (Å²) in [5, 5.41) is 3.10. The summed E-state index contributed by atoms with van der Waals surface area (Å²) in [6.45, 7) is 5.48. The number of hydrogen-bond donors (Lipinski definition) is 1. The van der Waals surface area contributed by atoms with Crippen molar-refractivity contribution in [2.45, 2.75) is 33.0 Å². The Kier molecular flexibility index (Phi) is 3.31. The molecule has 1 rings (SSSR count). The lowest BCUT2D eigenvalue weighted by molar-refractivity contribution is 0.498. The second-order valence-electron chi connectivity index (χ2n) is 3.21. The quantitative estimate of drug-likeness (QED) is 0.728. The predicted molar refractivity (Wildman–Crippen MR) is 52.9 cm³/mol. The molecule has 0 aliphatic heterocycles. The monoisotopic (exact) mass is 183 g/mol. The van der Waals surface area contributed by atoms with Gasteiger partial charge in [-0.05, 0) is 20.9 Å². The number of aryl methyl sites for hydroxylation is 1. The van der Waals surface area contributed by atoms with Gasteiger partial charge in [-0.2, -0.15) is 0 Å². The lowest BCUT2D eigenvalue weighted by Gasteiger charge is -2.09. The van der Waals surface area contributed by atoms with Crippen LogP contribution in [-0.4, -0.2) is 22.2 Å². The largest absolute Gasteiger partial charge is 0.328 e. The molecular weight excluding hydrogens is 166 g/mol. The molecule has 0 aromatic carbocycles. The first-order valence-electron chi connectivity index (χ1n) is 4.61. The van der Waals surface area contributed by atoms with E-state index >= 15 is 0 Å². The van der Waals surface area contributed by atoms with Gasteiger partial charge in [-0.15, -0.1) is 0 Å². The summed E-state index contributed by atoms with van der Waals surface area (Å²) >= 11 is 0. The maximum absolute atomic E-state index is 11.5. The lowest BCUT2D eigenvalue weighted by atomic mass is 10.3. The van der Waals surface area contributed by atoms with Crippen LogP contribution in [0.25, 0.3) is 0 Å². The third kappa shape index (κ3) is 2.21. The van der Waals surface area contributed by atoms with E-state index in [1.807, 2.05) is 26.4 Å². The average molecular weight is 183 g/mol. The van der Waals surface area contributed by atoms with Crippen molar-refractivity contribution in [3.8, 4) is 0 Å². The van der Waals surface area contributed by atoms with E-state index in [4.69, 9.17) is 0 Å². The molecule has 0 amide bonds. The van der Waals surface area contributed by atoms with Gasteiger partial charge < -0.3 is 5.32 Å². The highest BCUT2D eigenvalue weighted by molar-refractivity contribution is 4.82. The summed E-state index contributed by atoms with van der Waals surface area (Å²) in [6.07, 6.45) is 3.66. The van der Waals surface area contributed by atoms with Gasteiger partial charge in [0.15, 0.2) is 0 Å². The fraction of sp³-hybridized carbons (Fsp3) is 0.667. The van der Waals surface area contributed by atoms with Crippen LogP contribution in [-0.2, 0) is 13.1 Å². The van der Waals surface area contributed by atoms with Crippen molar-refractivity contribution >= 4 is 0 Å². The Labute approximate surface area is 78.2 Å². The van der Waals surface area contributed by atoms with Gasteiger partial charge in [0.25, 0.3) is 0 Å². The van der Waals surface area contributed by atoms with Gasteiger partial charge in [-0.1, -0.05) is 0 Å². The molecule has 0 radical (unpaired) electrons. The predicted octanol–water partition coefficient (Wildman–Crippen LogP) is 0.278. The van der Waals surface area contributed by atoms with E-state index in [0.29, 0.717) is 6.04 Å². The van der Waals surface area contributed by atoms with Crippen molar-refractivity contribution in [3.63, 3.8) is 0 Å². The second kappa shape index (κ2) is 4.28. The molecule has 0 fully saturated rings. The van der Waals surface area contributed by atoms with Crippen LogP contribution < -0.4 is 11.0 Å². The van der Waals surface area contributed by atoms with Crippen molar-refractivity contribution in [1.29, 1.82) is 0 Å². The molecule has 1 aromatic rings. The number of imidazole rings is 1. The summed E-state index contributed by atoms with van der Waals surface area (Å²) in [5.74, 6) is 0. The highest BCUT2D eigenvalue weighted by atomic mass is 16.1. The topological polar surface area (TPSA) is 39.0 Å². The van der Waals surface area contributed by atoms with Gasteiger partial charge in [0.05, 0.1) is 0 Å². The normalized spacial score (nSPS) is 13.2. The van der Waals surface area contributed by atoms with Gasteiger partial charge in [-0.25, -0.2) is 4.79 Å². The van der Waals surface area contributed by atoms with E-state index in [2.05, 4.69) is 12.2 Å². The summed E-state index contributed by atoms with van der Waals surface area (Å²) in [7, 11) is 1.90. The Morgan fingerprint density at radius 3 is 2.54 bits per heavy atom. The molecule has 1 heterocycles. The van der Waals surface area contributed by atoms with Gasteiger partial charge >= 0.3 is 5.69 Å². The van der Waals surface area contributed by atoms with Crippen LogP contribution in [0.1, 0.15) is 13.8 Å². The highest BCUT2D eigenvalue weighted by Gasteiger charge is 2.04. The molecule has 0 spiro atoms. The molecule has 1 atom stereocenters. The first-order chi connectivity index (χ1) is 6.19.